The summed E-state index contributed by atoms with van der Waals surface area (Å²) in [5.41, 5.74) is 6.39. The van der Waals surface area contributed by atoms with Crippen LogP contribution < -0.4 is 20.5 Å². The highest BCUT2D eigenvalue weighted by Gasteiger charge is 2.21. The van der Waals surface area contributed by atoms with E-state index in [1.807, 2.05) is 0 Å². The van der Waals surface area contributed by atoms with E-state index < -0.39 is 5.91 Å². The van der Waals surface area contributed by atoms with E-state index in [0.717, 1.165) is 5.01 Å². The number of ether oxygens (including phenoxy) is 2. The van der Waals surface area contributed by atoms with Gasteiger partial charge in [0.2, 0.25) is 0 Å². The van der Waals surface area contributed by atoms with Crippen LogP contribution in [0, 0.1) is 0 Å². The topological polar surface area (TPSA) is 107 Å². The van der Waals surface area contributed by atoms with Crippen LogP contribution in [0.25, 0.3) is 0 Å². The van der Waals surface area contributed by atoms with E-state index in [2.05, 4.69) is 10.3 Å². The average molecular weight is 378 g/mol. The lowest BCUT2D eigenvalue weighted by atomic mass is 10.1. The third-order valence-electron chi connectivity index (χ3n) is 3.55. The predicted octanol–water partition coefficient (Wildman–Crippen LogP) is 1.62. The van der Waals surface area contributed by atoms with Crippen LogP contribution >= 0.6 is 11.3 Å². The zero-order valence-electron chi connectivity index (χ0n) is 15.2. The Morgan fingerprint density at radius 2 is 1.88 bits per heavy atom. The van der Waals surface area contributed by atoms with Crippen molar-refractivity contribution in [3.8, 4) is 11.5 Å². The van der Waals surface area contributed by atoms with Gasteiger partial charge in [-0.25, -0.2) is 4.98 Å². The molecule has 0 unspecified atom stereocenters. The van der Waals surface area contributed by atoms with Crippen LogP contribution in [0.15, 0.2) is 17.5 Å². The number of nitrogens with zero attached hydrogens (tertiary/aromatic N) is 2. The Labute approximate surface area is 155 Å². The van der Waals surface area contributed by atoms with Gasteiger partial charge in [0.15, 0.2) is 11.5 Å². The summed E-state index contributed by atoms with van der Waals surface area (Å²) in [5.74, 6) is 0.114. The Bertz CT molecular complexity index is 804. The summed E-state index contributed by atoms with van der Waals surface area (Å²) in [5, 5.41) is 5.18. The average Bonchev–Trinajstić information content (AvgIpc) is 3.09. The Hall–Kier alpha value is -2.65. The number of rotatable bonds is 7. The number of thiazole rings is 1. The number of benzene rings is 1. The van der Waals surface area contributed by atoms with Crippen molar-refractivity contribution in [2.75, 3.05) is 40.2 Å². The van der Waals surface area contributed by atoms with E-state index in [0.29, 0.717) is 35.7 Å². The van der Waals surface area contributed by atoms with E-state index in [1.165, 1.54) is 36.5 Å². The second kappa shape index (κ2) is 8.63. The number of carbonyl (C=O) groups excluding carboxylic acids is 2. The maximum atomic E-state index is 12.5. The molecule has 0 radical (unpaired) electrons. The molecule has 1 aromatic carbocycles. The summed E-state index contributed by atoms with van der Waals surface area (Å²) in [4.78, 5) is 30.7. The fourth-order valence-corrected chi connectivity index (χ4v) is 3.03. The SMILES string of the molecule is COc1cc(NC(=O)c2csc(CCN)n2)c(C(=O)N(C)C)cc1OC. The zero-order valence-corrected chi connectivity index (χ0v) is 16.0. The first-order valence-electron chi connectivity index (χ1n) is 7.84. The molecule has 0 spiro atoms. The van der Waals surface area contributed by atoms with Gasteiger partial charge in [-0.3, -0.25) is 9.59 Å². The monoisotopic (exact) mass is 378 g/mol. The number of anilines is 1. The Balaban J connectivity index is 2.39. The minimum absolute atomic E-state index is 0.275. The van der Waals surface area contributed by atoms with Crippen molar-refractivity contribution >= 4 is 28.8 Å². The summed E-state index contributed by atoms with van der Waals surface area (Å²) in [6.07, 6.45) is 0.610. The fourth-order valence-electron chi connectivity index (χ4n) is 2.24. The van der Waals surface area contributed by atoms with Gasteiger partial charge < -0.3 is 25.4 Å². The van der Waals surface area contributed by atoms with Gasteiger partial charge in [0.1, 0.15) is 5.69 Å². The molecule has 0 aliphatic rings. The summed E-state index contributed by atoms with van der Waals surface area (Å²) in [6, 6.07) is 3.10. The molecule has 0 aliphatic carbocycles. The summed E-state index contributed by atoms with van der Waals surface area (Å²) >= 11 is 1.37. The predicted molar refractivity (Wildman–Crippen MR) is 100 cm³/mol. The van der Waals surface area contributed by atoms with Crippen LogP contribution in [0.4, 0.5) is 5.69 Å². The molecule has 0 saturated carbocycles. The first-order chi connectivity index (χ1) is 12.4. The van der Waals surface area contributed by atoms with Crippen LogP contribution in [0.5, 0.6) is 11.5 Å². The number of nitrogens with one attached hydrogen (secondary N) is 1. The molecule has 0 bridgehead atoms. The number of hydrogen-bond donors (Lipinski definition) is 2. The highest BCUT2D eigenvalue weighted by atomic mass is 32.1. The molecule has 0 fully saturated rings. The minimum atomic E-state index is -0.412. The number of methoxy groups -OCH3 is 2. The smallest absolute Gasteiger partial charge is 0.275 e. The van der Waals surface area contributed by atoms with Crippen LogP contribution in [0.3, 0.4) is 0 Å². The van der Waals surface area contributed by atoms with Gasteiger partial charge in [-0.15, -0.1) is 11.3 Å². The second-order valence-electron chi connectivity index (χ2n) is 5.57. The molecule has 8 nitrogen and oxygen atoms in total. The molecule has 0 saturated heterocycles. The van der Waals surface area contributed by atoms with E-state index in [9.17, 15) is 9.59 Å². The molecule has 1 aromatic heterocycles. The zero-order chi connectivity index (χ0) is 19.3. The highest BCUT2D eigenvalue weighted by molar-refractivity contribution is 7.09. The Morgan fingerprint density at radius 1 is 1.23 bits per heavy atom. The first kappa shape index (κ1) is 19.7. The van der Waals surface area contributed by atoms with Crippen molar-refractivity contribution in [3.63, 3.8) is 0 Å². The van der Waals surface area contributed by atoms with E-state index in [4.69, 9.17) is 15.2 Å². The largest absolute Gasteiger partial charge is 0.493 e. The number of amides is 2. The highest BCUT2D eigenvalue weighted by Crippen LogP contribution is 2.34. The number of nitrogens with two attached hydrogens (primary N) is 1. The Kier molecular flexibility index (Phi) is 6.53. The van der Waals surface area contributed by atoms with E-state index >= 15 is 0 Å². The molecule has 2 amide bonds. The molecule has 9 heteroatoms. The van der Waals surface area contributed by atoms with E-state index in [1.54, 1.807) is 25.5 Å². The fraction of sp³-hybridized carbons (Fsp3) is 0.353. The van der Waals surface area contributed by atoms with Crippen molar-refractivity contribution in [2.24, 2.45) is 5.73 Å². The van der Waals surface area contributed by atoms with Gasteiger partial charge >= 0.3 is 0 Å². The van der Waals surface area contributed by atoms with Crippen LogP contribution in [-0.4, -0.2) is 56.6 Å². The van der Waals surface area contributed by atoms with Crippen LogP contribution in [0.2, 0.25) is 0 Å². The van der Waals surface area contributed by atoms with Gasteiger partial charge in [-0.2, -0.15) is 0 Å². The minimum Gasteiger partial charge on any atom is -0.493 e. The first-order valence-corrected chi connectivity index (χ1v) is 8.72. The van der Waals surface area contributed by atoms with Gasteiger partial charge in [0.25, 0.3) is 11.8 Å². The molecule has 2 rings (SSSR count). The summed E-state index contributed by atoms with van der Waals surface area (Å²) in [6.45, 7) is 0.464. The van der Waals surface area contributed by atoms with Crippen LogP contribution in [-0.2, 0) is 6.42 Å². The third-order valence-corrected chi connectivity index (χ3v) is 4.46. The molecule has 0 aliphatic heterocycles. The third kappa shape index (κ3) is 4.30. The standard InChI is InChI=1S/C17H22N4O4S/c1-21(2)17(23)10-7-13(24-3)14(25-4)8-11(10)20-16(22)12-9-26-15(19-12)5-6-18/h7-9H,5-6,18H2,1-4H3,(H,20,22). The van der Waals surface area contributed by atoms with E-state index in [-0.39, 0.29) is 11.6 Å². The molecule has 1 heterocycles. The van der Waals surface area contributed by atoms with Crippen molar-refractivity contribution in [1.82, 2.24) is 9.88 Å². The quantitative estimate of drug-likeness (QED) is 0.758. The number of hydrogen-bond acceptors (Lipinski definition) is 7. The van der Waals surface area contributed by atoms with Crippen molar-refractivity contribution in [1.29, 1.82) is 0 Å². The van der Waals surface area contributed by atoms with Gasteiger partial charge in [-0.1, -0.05) is 0 Å². The maximum absolute atomic E-state index is 12.5. The van der Waals surface area contributed by atoms with Gasteiger partial charge in [0, 0.05) is 32.0 Å². The van der Waals surface area contributed by atoms with Gasteiger partial charge in [-0.05, 0) is 12.6 Å². The normalized spacial score (nSPS) is 10.3. The number of carbonyl (C=O) groups is 2. The van der Waals surface area contributed by atoms with Crippen LogP contribution in [0.1, 0.15) is 25.9 Å². The molecule has 26 heavy (non-hydrogen) atoms. The number of aromatic nitrogens is 1. The molecular weight excluding hydrogens is 356 g/mol. The lowest BCUT2D eigenvalue weighted by Crippen LogP contribution is -2.24. The summed E-state index contributed by atoms with van der Waals surface area (Å²) < 4.78 is 10.5. The lowest BCUT2D eigenvalue weighted by Gasteiger charge is -2.17. The van der Waals surface area contributed by atoms with Gasteiger partial charge in [0.05, 0.1) is 30.5 Å². The summed E-state index contributed by atoms with van der Waals surface area (Å²) in [7, 11) is 6.22. The molecule has 3 N–H and O–H groups in total. The maximum Gasteiger partial charge on any atom is 0.275 e. The molecule has 2 aromatic rings. The molecule has 140 valence electrons. The molecule has 0 atom stereocenters. The van der Waals surface area contributed by atoms with Crippen molar-refractivity contribution in [2.45, 2.75) is 6.42 Å². The second-order valence-corrected chi connectivity index (χ2v) is 6.51. The Morgan fingerprint density at radius 3 is 2.46 bits per heavy atom. The lowest BCUT2D eigenvalue weighted by molar-refractivity contribution is 0.0828. The van der Waals surface area contributed by atoms with Crippen molar-refractivity contribution < 1.29 is 19.1 Å². The van der Waals surface area contributed by atoms with Crippen molar-refractivity contribution in [3.05, 3.63) is 33.8 Å². The molecular formula is C17H22N4O4S.